The Labute approximate surface area is 203 Å². The average Bonchev–Trinajstić information content (AvgIpc) is 3.26. The molecule has 6 nitrogen and oxygen atoms in total. The van der Waals surface area contributed by atoms with Crippen LogP contribution < -0.4 is 10.1 Å². The maximum atomic E-state index is 13.8. The molecule has 4 aromatic rings. The number of nitrogens with one attached hydrogen (secondary N) is 1. The molecule has 1 aromatic heterocycles. The Morgan fingerprint density at radius 2 is 1.68 bits per heavy atom. The number of hydrogen-bond donors (Lipinski definition) is 1. The second-order valence-electron chi connectivity index (χ2n) is 8.39. The van der Waals surface area contributed by atoms with Crippen LogP contribution in [0.5, 0.6) is 5.75 Å². The Bertz CT molecular complexity index is 1250. The maximum absolute atomic E-state index is 13.8. The highest BCUT2D eigenvalue weighted by Gasteiger charge is 2.39. The second kappa shape index (κ2) is 10.1. The normalized spacial score (nSPS) is 12.7. The summed E-state index contributed by atoms with van der Waals surface area (Å²) < 4.78 is 6.24. The van der Waals surface area contributed by atoms with Gasteiger partial charge >= 0.3 is 0 Å². The Balaban J connectivity index is 1.54. The molecule has 4 rings (SSSR count). The molecular formula is C27H27N3O3S. The predicted molar refractivity (Wildman–Crippen MR) is 136 cm³/mol. The summed E-state index contributed by atoms with van der Waals surface area (Å²) in [4.78, 5) is 32.7. The fraction of sp³-hybridized carbons (Fsp3) is 0.222. The summed E-state index contributed by atoms with van der Waals surface area (Å²) in [6.07, 6.45) is 0.444. The van der Waals surface area contributed by atoms with E-state index in [0.29, 0.717) is 17.9 Å². The summed E-state index contributed by atoms with van der Waals surface area (Å²) in [5.41, 5.74) is 1.59. The minimum atomic E-state index is -0.871. The van der Waals surface area contributed by atoms with E-state index >= 15 is 0 Å². The summed E-state index contributed by atoms with van der Waals surface area (Å²) in [5, 5.41) is 3.73. The van der Waals surface area contributed by atoms with Gasteiger partial charge < -0.3 is 15.0 Å². The number of hydrogen-bond acceptors (Lipinski definition) is 5. The molecule has 7 heteroatoms. The largest absolute Gasteiger partial charge is 0.497 e. The number of likely N-dealkylation sites (N-methyl/N-ethyl adjacent to an activating group) is 1. The van der Waals surface area contributed by atoms with E-state index in [1.807, 2.05) is 61.5 Å². The quantitative estimate of drug-likeness (QED) is 0.395. The summed E-state index contributed by atoms with van der Waals surface area (Å²) in [7, 11) is 3.25. The van der Waals surface area contributed by atoms with Gasteiger partial charge in [-0.3, -0.25) is 9.59 Å². The van der Waals surface area contributed by atoms with E-state index in [1.165, 1.54) is 4.90 Å². The summed E-state index contributed by atoms with van der Waals surface area (Å²) in [6, 6.07) is 24.7. The van der Waals surface area contributed by atoms with Gasteiger partial charge in [-0.25, -0.2) is 4.98 Å². The van der Waals surface area contributed by atoms with Crippen LogP contribution in [0.15, 0.2) is 78.9 Å². The molecule has 0 aliphatic heterocycles. The number of anilines is 1. The van der Waals surface area contributed by atoms with Gasteiger partial charge in [-0.1, -0.05) is 42.5 Å². The molecule has 1 unspecified atom stereocenters. The Kier molecular flexibility index (Phi) is 6.93. The number of benzene rings is 3. The van der Waals surface area contributed by atoms with Crippen molar-refractivity contribution < 1.29 is 14.3 Å². The first kappa shape index (κ1) is 23.4. The number of aromatic nitrogens is 1. The van der Waals surface area contributed by atoms with Crippen molar-refractivity contribution in [2.45, 2.75) is 18.8 Å². The van der Waals surface area contributed by atoms with Crippen LogP contribution >= 0.6 is 11.3 Å². The minimum absolute atomic E-state index is 0.0624. The molecule has 174 valence electrons. The Hall–Kier alpha value is -3.71. The first-order valence-electron chi connectivity index (χ1n) is 11.0. The molecule has 0 aliphatic rings. The average molecular weight is 474 g/mol. The third-order valence-corrected chi connectivity index (χ3v) is 6.86. The van der Waals surface area contributed by atoms with E-state index in [4.69, 9.17) is 9.72 Å². The lowest BCUT2D eigenvalue weighted by Crippen LogP contribution is -2.47. The second-order valence-corrected chi connectivity index (χ2v) is 9.50. The third-order valence-electron chi connectivity index (χ3n) is 5.83. The van der Waals surface area contributed by atoms with Crippen molar-refractivity contribution in [1.29, 1.82) is 0 Å². The molecule has 0 aliphatic carbocycles. The lowest BCUT2D eigenvalue weighted by atomic mass is 9.78. The first-order valence-corrected chi connectivity index (χ1v) is 11.8. The molecule has 0 radical (unpaired) electrons. The van der Waals surface area contributed by atoms with E-state index in [0.717, 1.165) is 20.8 Å². The molecule has 2 amide bonds. The smallest absolute Gasteiger partial charge is 0.243 e. The van der Waals surface area contributed by atoms with Gasteiger partial charge in [-0.05, 0) is 48.9 Å². The van der Waals surface area contributed by atoms with Crippen molar-refractivity contribution in [2.24, 2.45) is 0 Å². The van der Waals surface area contributed by atoms with Gasteiger partial charge in [0.25, 0.3) is 0 Å². The molecule has 1 atom stereocenters. The fourth-order valence-electron chi connectivity index (χ4n) is 3.99. The van der Waals surface area contributed by atoms with Crippen LogP contribution in [-0.2, 0) is 21.4 Å². The molecular weight excluding hydrogens is 446 g/mol. The number of fused-ring (bicyclic) bond motifs is 1. The van der Waals surface area contributed by atoms with Gasteiger partial charge in [0.1, 0.15) is 5.75 Å². The van der Waals surface area contributed by atoms with Crippen LogP contribution in [0.4, 0.5) is 5.69 Å². The number of amides is 2. The molecule has 34 heavy (non-hydrogen) atoms. The topological polar surface area (TPSA) is 71.5 Å². The first-order chi connectivity index (χ1) is 16.4. The molecule has 0 fully saturated rings. The van der Waals surface area contributed by atoms with E-state index in [2.05, 4.69) is 5.32 Å². The molecule has 1 heterocycles. The monoisotopic (exact) mass is 473 g/mol. The lowest BCUT2D eigenvalue weighted by molar-refractivity contribution is -0.138. The standard InChI is InChI=1S/C27H27N3O3S/c1-27(19-9-5-4-6-10-19,17-25-29-22-11-7-8-12-23(22)34-25)26(32)30(2)18-24(31)28-20-13-15-21(33-3)16-14-20/h4-16H,17-18H2,1-3H3,(H,28,31). The minimum Gasteiger partial charge on any atom is -0.497 e. The lowest BCUT2D eigenvalue weighted by Gasteiger charge is -2.32. The van der Waals surface area contributed by atoms with Crippen LogP contribution in [0.3, 0.4) is 0 Å². The Morgan fingerprint density at radius 1 is 1.00 bits per heavy atom. The van der Waals surface area contributed by atoms with Crippen LogP contribution in [-0.4, -0.2) is 42.4 Å². The third kappa shape index (κ3) is 5.10. The number of carbonyl (C=O) groups is 2. The van der Waals surface area contributed by atoms with Gasteiger partial charge in [0.2, 0.25) is 11.8 Å². The zero-order valence-corrected chi connectivity index (χ0v) is 20.3. The molecule has 0 saturated carbocycles. The number of nitrogens with zero attached hydrogens (tertiary/aromatic N) is 2. The molecule has 0 spiro atoms. The molecule has 0 saturated heterocycles. The summed E-state index contributed by atoms with van der Waals surface area (Å²) in [6.45, 7) is 1.86. The molecule has 0 bridgehead atoms. The van der Waals surface area contributed by atoms with Gasteiger partial charge in [0, 0.05) is 19.2 Å². The zero-order chi connectivity index (χ0) is 24.1. The summed E-state index contributed by atoms with van der Waals surface area (Å²) in [5.74, 6) is 0.304. The zero-order valence-electron chi connectivity index (χ0n) is 19.4. The van der Waals surface area contributed by atoms with Crippen molar-refractivity contribution in [2.75, 3.05) is 26.0 Å². The van der Waals surface area contributed by atoms with E-state index < -0.39 is 5.41 Å². The molecule has 1 N–H and O–H groups in total. The number of methoxy groups -OCH3 is 1. The van der Waals surface area contributed by atoms with Crippen LogP contribution in [0.1, 0.15) is 17.5 Å². The van der Waals surface area contributed by atoms with E-state index in [1.54, 1.807) is 49.8 Å². The van der Waals surface area contributed by atoms with Crippen molar-refractivity contribution in [3.8, 4) is 5.75 Å². The van der Waals surface area contributed by atoms with E-state index in [9.17, 15) is 9.59 Å². The van der Waals surface area contributed by atoms with Gasteiger partial charge in [-0.2, -0.15) is 0 Å². The number of thiazole rings is 1. The van der Waals surface area contributed by atoms with Crippen molar-refractivity contribution in [3.63, 3.8) is 0 Å². The highest BCUT2D eigenvalue weighted by molar-refractivity contribution is 7.18. The maximum Gasteiger partial charge on any atom is 0.243 e. The fourth-order valence-corrected chi connectivity index (χ4v) is 5.11. The van der Waals surface area contributed by atoms with Gasteiger partial charge in [-0.15, -0.1) is 11.3 Å². The molecule has 3 aromatic carbocycles. The van der Waals surface area contributed by atoms with Crippen molar-refractivity contribution >= 4 is 39.1 Å². The number of rotatable bonds is 8. The number of para-hydroxylation sites is 1. The van der Waals surface area contributed by atoms with Crippen molar-refractivity contribution in [3.05, 3.63) is 89.4 Å². The van der Waals surface area contributed by atoms with Gasteiger partial charge in [0.05, 0.1) is 34.3 Å². The number of ether oxygens (including phenoxy) is 1. The predicted octanol–water partition coefficient (Wildman–Crippen LogP) is 4.90. The van der Waals surface area contributed by atoms with Crippen LogP contribution in [0.25, 0.3) is 10.2 Å². The Morgan fingerprint density at radius 3 is 2.35 bits per heavy atom. The number of carbonyl (C=O) groups excluding carboxylic acids is 2. The van der Waals surface area contributed by atoms with Crippen LogP contribution in [0, 0.1) is 0 Å². The highest BCUT2D eigenvalue weighted by Crippen LogP contribution is 2.33. The van der Waals surface area contributed by atoms with Crippen LogP contribution in [0.2, 0.25) is 0 Å². The van der Waals surface area contributed by atoms with E-state index in [-0.39, 0.29) is 18.4 Å². The van der Waals surface area contributed by atoms with Crippen molar-refractivity contribution in [1.82, 2.24) is 9.88 Å². The summed E-state index contributed by atoms with van der Waals surface area (Å²) >= 11 is 1.60. The van der Waals surface area contributed by atoms with Gasteiger partial charge in [0.15, 0.2) is 0 Å². The SMILES string of the molecule is COc1ccc(NC(=O)CN(C)C(=O)C(C)(Cc2nc3ccccc3s2)c2ccccc2)cc1. The highest BCUT2D eigenvalue weighted by atomic mass is 32.1.